The first-order chi connectivity index (χ1) is 12.0. The van der Waals surface area contributed by atoms with E-state index < -0.39 is 0 Å². The molecule has 0 aliphatic carbocycles. The van der Waals surface area contributed by atoms with Crippen LogP contribution in [0.3, 0.4) is 0 Å². The molecule has 1 aromatic rings. The number of hydrogen-bond acceptors (Lipinski definition) is 3. The van der Waals surface area contributed by atoms with E-state index in [1.165, 1.54) is 0 Å². The largest absolute Gasteiger partial charge is 0.356 e. The van der Waals surface area contributed by atoms with Gasteiger partial charge in [0.15, 0.2) is 0 Å². The molecule has 2 rings (SSSR count). The molecular weight excluding hydrogens is 373 g/mol. The molecule has 1 fully saturated rings. The van der Waals surface area contributed by atoms with Gasteiger partial charge in [0.25, 0.3) is 0 Å². The summed E-state index contributed by atoms with van der Waals surface area (Å²) in [5.74, 6) is 0.890. The first kappa shape index (κ1) is 22.7. The molecule has 2 amide bonds. The lowest BCUT2D eigenvalue weighted by atomic mass is 9.84. The highest BCUT2D eigenvalue weighted by Crippen LogP contribution is 2.24. The summed E-state index contributed by atoms with van der Waals surface area (Å²) in [6.45, 7) is 6.44. The summed E-state index contributed by atoms with van der Waals surface area (Å²) in [6, 6.07) is 5.41. The topological polar surface area (TPSA) is 70.2 Å². The van der Waals surface area contributed by atoms with Crippen LogP contribution in [0.4, 0.5) is 5.69 Å². The van der Waals surface area contributed by atoms with Gasteiger partial charge in [-0.05, 0) is 62.4 Å². The fraction of sp³-hybridized carbons (Fsp3) is 0.579. The summed E-state index contributed by atoms with van der Waals surface area (Å²) >= 11 is 6.04. The average Bonchev–Trinajstić information content (AvgIpc) is 2.59. The van der Waals surface area contributed by atoms with Gasteiger partial charge in [0, 0.05) is 30.1 Å². The third-order valence-electron chi connectivity index (χ3n) is 4.91. The second-order valence-electron chi connectivity index (χ2n) is 6.83. The van der Waals surface area contributed by atoms with Crippen molar-refractivity contribution in [3.63, 3.8) is 0 Å². The lowest BCUT2D eigenvalue weighted by molar-refractivity contribution is -0.122. The Balaban J connectivity index is 0.00000338. The van der Waals surface area contributed by atoms with Crippen LogP contribution >= 0.6 is 24.0 Å². The fourth-order valence-electron chi connectivity index (χ4n) is 3.22. The fourth-order valence-corrected chi connectivity index (χ4v) is 3.39. The molecule has 1 aliphatic heterocycles. The van der Waals surface area contributed by atoms with Crippen LogP contribution in [-0.2, 0) is 9.59 Å². The van der Waals surface area contributed by atoms with E-state index in [-0.39, 0.29) is 30.6 Å². The number of benzene rings is 1. The van der Waals surface area contributed by atoms with Crippen molar-refractivity contribution >= 4 is 41.5 Å². The van der Waals surface area contributed by atoms with Crippen molar-refractivity contribution in [1.82, 2.24) is 10.6 Å². The highest BCUT2D eigenvalue weighted by atomic mass is 35.5. The highest BCUT2D eigenvalue weighted by Gasteiger charge is 2.21. The summed E-state index contributed by atoms with van der Waals surface area (Å²) in [5, 5.41) is 9.66. The molecule has 146 valence electrons. The Bertz CT molecular complexity index is 604. The molecule has 1 atom stereocenters. The Labute approximate surface area is 167 Å². The van der Waals surface area contributed by atoms with Crippen LogP contribution in [0.25, 0.3) is 0 Å². The van der Waals surface area contributed by atoms with E-state index in [4.69, 9.17) is 11.6 Å². The van der Waals surface area contributed by atoms with Crippen molar-refractivity contribution in [1.29, 1.82) is 0 Å². The van der Waals surface area contributed by atoms with Crippen molar-refractivity contribution in [2.75, 3.05) is 25.0 Å². The van der Waals surface area contributed by atoms with Gasteiger partial charge in [0.05, 0.1) is 0 Å². The molecule has 1 unspecified atom stereocenters. The summed E-state index contributed by atoms with van der Waals surface area (Å²) in [4.78, 5) is 24.1. The standard InChI is InChI=1S/C19H28ClN3O2.ClH/c1-13(15-6-9-21-10-7-15)12-19(25)22-11-8-18(24)23-17-5-3-4-16(20)14(17)2;/h3-5,13,15,21H,6-12H2,1-2H3,(H,22,25)(H,23,24);1H. The maximum atomic E-state index is 12.1. The van der Waals surface area contributed by atoms with Crippen molar-refractivity contribution in [3.05, 3.63) is 28.8 Å². The van der Waals surface area contributed by atoms with E-state index in [9.17, 15) is 9.59 Å². The minimum absolute atomic E-state index is 0. The predicted molar refractivity (Wildman–Crippen MR) is 109 cm³/mol. The molecule has 0 spiro atoms. The molecule has 1 aliphatic rings. The maximum absolute atomic E-state index is 12.1. The number of carbonyl (C=O) groups excluding carboxylic acids is 2. The highest BCUT2D eigenvalue weighted by molar-refractivity contribution is 6.31. The van der Waals surface area contributed by atoms with Crippen molar-refractivity contribution in [2.45, 2.75) is 39.5 Å². The minimum atomic E-state index is -0.128. The Morgan fingerprint density at radius 2 is 1.96 bits per heavy atom. The van der Waals surface area contributed by atoms with E-state index in [1.807, 2.05) is 13.0 Å². The quantitative estimate of drug-likeness (QED) is 0.654. The number of hydrogen-bond donors (Lipinski definition) is 3. The zero-order chi connectivity index (χ0) is 18.2. The monoisotopic (exact) mass is 401 g/mol. The smallest absolute Gasteiger partial charge is 0.226 e. The van der Waals surface area contributed by atoms with Crippen molar-refractivity contribution in [2.24, 2.45) is 11.8 Å². The van der Waals surface area contributed by atoms with Gasteiger partial charge in [-0.25, -0.2) is 0 Å². The Hall–Kier alpha value is -1.30. The van der Waals surface area contributed by atoms with Crippen LogP contribution in [-0.4, -0.2) is 31.4 Å². The molecule has 1 heterocycles. The molecule has 1 saturated heterocycles. The Morgan fingerprint density at radius 1 is 1.27 bits per heavy atom. The number of halogens is 2. The molecule has 0 bridgehead atoms. The van der Waals surface area contributed by atoms with E-state index >= 15 is 0 Å². The molecule has 5 nitrogen and oxygen atoms in total. The molecule has 0 radical (unpaired) electrons. The van der Waals surface area contributed by atoms with Crippen LogP contribution in [0.15, 0.2) is 18.2 Å². The summed E-state index contributed by atoms with van der Waals surface area (Å²) in [6.07, 6.45) is 3.05. The number of anilines is 1. The van der Waals surface area contributed by atoms with Crippen LogP contribution in [0, 0.1) is 18.8 Å². The SMILES string of the molecule is Cc1c(Cl)cccc1NC(=O)CCNC(=O)CC(C)C1CCNCC1.Cl. The summed E-state index contributed by atoms with van der Waals surface area (Å²) < 4.78 is 0. The van der Waals surface area contributed by atoms with Gasteiger partial charge >= 0.3 is 0 Å². The third-order valence-corrected chi connectivity index (χ3v) is 5.32. The molecular formula is C19H29Cl2N3O2. The van der Waals surface area contributed by atoms with Gasteiger partial charge in [-0.2, -0.15) is 0 Å². The van der Waals surface area contributed by atoms with Gasteiger partial charge in [-0.3, -0.25) is 9.59 Å². The van der Waals surface area contributed by atoms with Crippen LogP contribution in [0.2, 0.25) is 5.02 Å². The second kappa shape index (κ2) is 11.4. The zero-order valence-electron chi connectivity index (χ0n) is 15.4. The number of piperidine rings is 1. The van der Waals surface area contributed by atoms with Gasteiger partial charge in [0.1, 0.15) is 0 Å². The van der Waals surface area contributed by atoms with Crippen molar-refractivity contribution < 1.29 is 9.59 Å². The number of carbonyl (C=O) groups is 2. The molecule has 3 N–H and O–H groups in total. The number of nitrogens with one attached hydrogen (secondary N) is 3. The van der Waals surface area contributed by atoms with Gasteiger partial charge in [-0.1, -0.05) is 24.6 Å². The van der Waals surface area contributed by atoms with E-state index in [0.29, 0.717) is 35.5 Å². The number of rotatable bonds is 7. The summed E-state index contributed by atoms with van der Waals surface area (Å²) in [7, 11) is 0. The molecule has 26 heavy (non-hydrogen) atoms. The minimum Gasteiger partial charge on any atom is -0.356 e. The van der Waals surface area contributed by atoms with Gasteiger partial charge < -0.3 is 16.0 Å². The third kappa shape index (κ3) is 7.14. The lowest BCUT2D eigenvalue weighted by Crippen LogP contribution is -2.34. The van der Waals surface area contributed by atoms with Gasteiger partial charge in [-0.15, -0.1) is 12.4 Å². The van der Waals surface area contributed by atoms with E-state index in [0.717, 1.165) is 31.5 Å². The van der Waals surface area contributed by atoms with E-state index in [1.54, 1.807) is 12.1 Å². The molecule has 7 heteroatoms. The maximum Gasteiger partial charge on any atom is 0.226 e. The Morgan fingerprint density at radius 3 is 2.65 bits per heavy atom. The normalized spacial score (nSPS) is 15.7. The second-order valence-corrected chi connectivity index (χ2v) is 7.24. The first-order valence-electron chi connectivity index (χ1n) is 8.99. The van der Waals surface area contributed by atoms with Crippen LogP contribution < -0.4 is 16.0 Å². The molecule has 0 aromatic heterocycles. The summed E-state index contributed by atoms with van der Waals surface area (Å²) in [5.41, 5.74) is 1.56. The predicted octanol–water partition coefficient (Wildman–Crippen LogP) is 3.54. The average molecular weight is 402 g/mol. The van der Waals surface area contributed by atoms with E-state index in [2.05, 4.69) is 22.9 Å². The lowest BCUT2D eigenvalue weighted by Gasteiger charge is -2.27. The molecule has 0 saturated carbocycles. The van der Waals surface area contributed by atoms with Crippen LogP contribution in [0.5, 0.6) is 0 Å². The number of amides is 2. The van der Waals surface area contributed by atoms with Crippen LogP contribution in [0.1, 0.15) is 38.2 Å². The Kier molecular flexibility index (Phi) is 9.99. The van der Waals surface area contributed by atoms with Crippen molar-refractivity contribution in [3.8, 4) is 0 Å². The molecule has 1 aromatic carbocycles. The zero-order valence-corrected chi connectivity index (χ0v) is 17.0. The van der Waals surface area contributed by atoms with Gasteiger partial charge in [0.2, 0.25) is 11.8 Å². The first-order valence-corrected chi connectivity index (χ1v) is 9.37.